The molecule has 0 bridgehead atoms. The zero-order valence-corrected chi connectivity index (χ0v) is 12.0. The van der Waals surface area contributed by atoms with Crippen molar-refractivity contribution in [3.63, 3.8) is 0 Å². The molecule has 1 amide bonds. The summed E-state index contributed by atoms with van der Waals surface area (Å²) < 4.78 is 4.92. The number of nitrogens with two attached hydrogens (primary N) is 1. The standard InChI is InChI=1S/C14H17N3O5/c15-11-5-4-10(8-12(11)17(20)21)14(19)22-9-13(18)16-6-2-1-3-7-16/h4-5,8H,1-3,6-7,9,15H2. The van der Waals surface area contributed by atoms with E-state index < -0.39 is 10.9 Å². The summed E-state index contributed by atoms with van der Waals surface area (Å²) >= 11 is 0. The Kier molecular flexibility index (Phi) is 4.92. The van der Waals surface area contributed by atoms with E-state index in [0.29, 0.717) is 13.1 Å². The number of carbonyl (C=O) groups is 2. The summed E-state index contributed by atoms with van der Waals surface area (Å²) in [4.78, 5) is 35.5. The van der Waals surface area contributed by atoms with Crippen LogP contribution in [0.15, 0.2) is 18.2 Å². The molecule has 1 heterocycles. The number of piperidine rings is 1. The lowest BCUT2D eigenvalue weighted by molar-refractivity contribution is -0.383. The van der Waals surface area contributed by atoms with Gasteiger partial charge in [-0.2, -0.15) is 0 Å². The van der Waals surface area contributed by atoms with Crippen LogP contribution in [0.1, 0.15) is 29.6 Å². The molecule has 118 valence electrons. The maximum Gasteiger partial charge on any atom is 0.338 e. The normalized spacial score (nSPS) is 14.5. The van der Waals surface area contributed by atoms with E-state index in [2.05, 4.69) is 0 Å². The molecule has 0 saturated carbocycles. The molecule has 2 N–H and O–H groups in total. The molecular weight excluding hydrogens is 290 g/mol. The van der Waals surface area contributed by atoms with Gasteiger partial charge >= 0.3 is 5.97 Å². The molecule has 0 radical (unpaired) electrons. The molecule has 2 rings (SSSR count). The first-order valence-electron chi connectivity index (χ1n) is 6.98. The van der Waals surface area contributed by atoms with E-state index in [1.54, 1.807) is 4.90 Å². The summed E-state index contributed by atoms with van der Waals surface area (Å²) in [6.07, 6.45) is 2.99. The van der Waals surface area contributed by atoms with Crippen molar-refractivity contribution in [3.8, 4) is 0 Å². The molecule has 1 saturated heterocycles. The third-order valence-corrected chi connectivity index (χ3v) is 3.50. The molecule has 8 nitrogen and oxygen atoms in total. The van der Waals surface area contributed by atoms with Gasteiger partial charge < -0.3 is 15.4 Å². The van der Waals surface area contributed by atoms with Gasteiger partial charge in [0.1, 0.15) is 5.69 Å². The van der Waals surface area contributed by atoms with Crippen LogP contribution in [0.4, 0.5) is 11.4 Å². The van der Waals surface area contributed by atoms with E-state index in [4.69, 9.17) is 10.5 Å². The van der Waals surface area contributed by atoms with Gasteiger partial charge in [-0.25, -0.2) is 4.79 Å². The van der Waals surface area contributed by atoms with Gasteiger partial charge in [0.15, 0.2) is 6.61 Å². The lowest BCUT2D eigenvalue weighted by atomic mass is 10.1. The smallest absolute Gasteiger partial charge is 0.338 e. The molecular formula is C14H17N3O5. The first kappa shape index (κ1) is 15.7. The van der Waals surface area contributed by atoms with Gasteiger partial charge in [-0.3, -0.25) is 14.9 Å². The predicted molar refractivity (Wildman–Crippen MR) is 78.2 cm³/mol. The summed E-state index contributed by atoms with van der Waals surface area (Å²) in [5, 5.41) is 10.8. The largest absolute Gasteiger partial charge is 0.452 e. The highest BCUT2D eigenvalue weighted by Gasteiger charge is 2.20. The number of amides is 1. The van der Waals surface area contributed by atoms with Crippen LogP contribution in [0.2, 0.25) is 0 Å². The van der Waals surface area contributed by atoms with E-state index in [1.807, 2.05) is 0 Å². The number of nitrogens with zero attached hydrogens (tertiary/aromatic N) is 2. The molecule has 1 aliphatic rings. The van der Waals surface area contributed by atoms with Crippen molar-refractivity contribution in [1.29, 1.82) is 0 Å². The zero-order chi connectivity index (χ0) is 16.1. The molecule has 1 fully saturated rings. The fourth-order valence-corrected chi connectivity index (χ4v) is 2.27. The minimum atomic E-state index is -0.784. The molecule has 0 atom stereocenters. The lowest BCUT2D eigenvalue weighted by Crippen LogP contribution is -2.38. The van der Waals surface area contributed by atoms with E-state index in [1.165, 1.54) is 12.1 Å². The molecule has 8 heteroatoms. The number of nitrogen functional groups attached to an aromatic ring is 1. The number of esters is 1. The van der Waals surface area contributed by atoms with Crippen LogP contribution in [0, 0.1) is 10.1 Å². The quantitative estimate of drug-likeness (QED) is 0.388. The van der Waals surface area contributed by atoms with Crippen LogP contribution in [0.5, 0.6) is 0 Å². The molecule has 1 aliphatic heterocycles. The molecule has 1 aromatic rings. The second kappa shape index (κ2) is 6.88. The summed E-state index contributed by atoms with van der Waals surface area (Å²) in [5.74, 6) is -1.04. The minimum Gasteiger partial charge on any atom is -0.452 e. The Labute approximate surface area is 127 Å². The molecule has 0 aromatic heterocycles. The van der Waals surface area contributed by atoms with Crippen LogP contribution in [0.3, 0.4) is 0 Å². The number of benzene rings is 1. The average molecular weight is 307 g/mol. The van der Waals surface area contributed by atoms with Crippen LogP contribution < -0.4 is 5.73 Å². The van der Waals surface area contributed by atoms with Crippen LogP contribution >= 0.6 is 0 Å². The Morgan fingerprint density at radius 1 is 1.27 bits per heavy atom. The Hall–Kier alpha value is -2.64. The number of rotatable bonds is 4. The van der Waals surface area contributed by atoms with Crippen molar-refractivity contribution >= 4 is 23.3 Å². The van der Waals surface area contributed by atoms with E-state index in [9.17, 15) is 19.7 Å². The molecule has 22 heavy (non-hydrogen) atoms. The van der Waals surface area contributed by atoms with Crippen molar-refractivity contribution in [3.05, 3.63) is 33.9 Å². The van der Waals surface area contributed by atoms with E-state index >= 15 is 0 Å². The van der Waals surface area contributed by atoms with Crippen molar-refractivity contribution in [1.82, 2.24) is 4.90 Å². The average Bonchev–Trinajstić information content (AvgIpc) is 2.53. The maximum absolute atomic E-state index is 11.9. The van der Waals surface area contributed by atoms with Gasteiger partial charge in [-0.15, -0.1) is 0 Å². The Morgan fingerprint density at radius 2 is 1.95 bits per heavy atom. The summed E-state index contributed by atoms with van der Waals surface area (Å²) in [5.41, 5.74) is 5.05. The molecule has 0 aliphatic carbocycles. The van der Waals surface area contributed by atoms with E-state index in [0.717, 1.165) is 25.3 Å². The Bertz CT molecular complexity index is 596. The number of likely N-dealkylation sites (tertiary alicyclic amines) is 1. The number of ether oxygens (including phenoxy) is 1. The van der Waals surface area contributed by atoms with Crippen molar-refractivity contribution in [2.75, 3.05) is 25.4 Å². The predicted octanol–water partition coefficient (Wildman–Crippen LogP) is 1.35. The third-order valence-electron chi connectivity index (χ3n) is 3.50. The zero-order valence-electron chi connectivity index (χ0n) is 12.0. The number of hydrogen-bond donors (Lipinski definition) is 1. The van der Waals surface area contributed by atoms with Gasteiger partial charge in [0.25, 0.3) is 11.6 Å². The summed E-state index contributed by atoms with van der Waals surface area (Å²) in [6, 6.07) is 3.64. The Morgan fingerprint density at radius 3 is 2.59 bits per heavy atom. The van der Waals surface area contributed by atoms with E-state index in [-0.39, 0.29) is 29.5 Å². The van der Waals surface area contributed by atoms with Crippen LogP contribution in [-0.4, -0.2) is 41.4 Å². The number of anilines is 1. The SMILES string of the molecule is Nc1ccc(C(=O)OCC(=O)N2CCCCC2)cc1[N+](=O)[O-]. The van der Waals surface area contributed by atoms with Crippen molar-refractivity contribution in [2.24, 2.45) is 0 Å². The molecule has 1 aromatic carbocycles. The van der Waals surface area contributed by atoms with Crippen LogP contribution in [-0.2, 0) is 9.53 Å². The fourth-order valence-electron chi connectivity index (χ4n) is 2.27. The highest BCUT2D eigenvalue weighted by Crippen LogP contribution is 2.22. The fraction of sp³-hybridized carbons (Fsp3) is 0.429. The second-order valence-electron chi connectivity index (χ2n) is 5.05. The molecule has 0 spiro atoms. The Balaban J connectivity index is 1.96. The topological polar surface area (TPSA) is 116 Å². The van der Waals surface area contributed by atoms with Crippen molar-refractivity contribution in [2.45, 2.75) is 19.3 Å². The maximum atomic E-state index is 11.9. The highest BCUT2D eigenvalue weighted by atomic mass is 16.6. The first-order chi connectivity index (χ1) is 10.5. The molecule has 0 unspecified atom stereocenters. The number of nitro groups is 1. The number of hydrogen-bond acceptors (Lipinski definition) is 6. The van der Waals surface area contributed by atoms with Gasteiger partial charge in [0.2, 0.25) is 0 Å². The first-order valence-corrected chi connectivity index (χ1v) is 6.98. The lowest BCUT2D eigenvalue weighted by Gasteiger charge is -2.26. The third kappa shape index (κ3) is 3.72. The number of carbonyl (C=O) groups excluding carboxylic acids is 2. The van der Waals surface area contributed by atoms with Gasteiger partial charge in [0.05, 0.1) is 10.5 Å². The van der Waals surface area contributed by atoms with Gasteiger partial charge in [-0.05, 0) is 31.4 Å². The van der Waals surface area contributed by atoms with Crippen molar-refractivity contribution < 1.29 is 19.2 Å². The van der Waals surface area contributed by atoms with Crippen LogP contribution in [0.25, 0.3) is 0 Å². The minimum absolute atomic E-state index is 0.00709. The summed E-state index contributed by atoms with van der Waals surface area (Å²) in [6.45, 7) is 0.977. The summed E-state index contributed by atoms with van der Waals surface area (Å²) in [7, 11) is 0. The second-order valence-corrected chi connectivity index (χ2v) is 5.05. The van der Waals surface area contributed by atoms with Gasteiger partial charge in [0, 0.05) is 19.2 Å². The highest BCUT2D eigenvalue weighted by molar-refractivity contribution is 5.92. The van der Waals surface area contributed by atoms with Gasteiger partial charge in [-0.1, -0.05) is 0 Å². The number of nitro benzene ring substituents is 1. The monoisotopic (exact) mass is 307 g/mol.